The zero-order chi connectivity index (χ0) is 24.3. The molecule has 0 heterocycles. The van der Waals surface area contributed by atoms with Gasteiger partial charge in [0, 0.05) is 18.2 Å². The van der Waals surface area contributed by atoms with Gasteiger partial charge in [-0.25, -0.2) is 0 Å². The van der Waals surface area contributed by atoms with Crippen LogP contribution in [0.2, 0.25) is 0 Å². The Bertz CT molecular complexity index is 1150. The summed E-state index contributed by atoms with van der Waals surface area (Å²) in [5.74, 6) is 0.880. The van der Waals surface area contributed by atoms with Gasteiger partial charge in [-0.1, -0.05) is 0 Å². The Kier molecular flexibility index (Phi) is 6.81. The Morgan fingerprint density at radius 2 is 0.970 bits per heavy atom. The first-order valence-corrected chi connectivity index (χ1v) is 9.73. The summed E-state index contributed by atoms with van der Waals surface area (Å²) in [4.78, 5) is 0. The van der Waals surface area contributed by atoms with E-state index in [2.05, 4.69) is 0 Å². The van der Waals surface area contributed by atoms with Crippen LogP contribution < -0.4 is 28.4 Å². The molecule has 0 saturated carbocycles. The predicted molar refractivity (Wildman–Crippen MR) is 122 cm³/mol. The lowest BCUT2D eigenvalue weighted by molar-refractivity contribution is 0.333. The number of hydrogen-bond donors (Lipinski definition) is 3. The number of aromatic hydroxyl groups is 3. The van der Waals surface area contributed by atoms with Crippen LogP contribution in [0.4, 0.5) is 0 Å². The number of hydrogen-bond acceptors (Lipinski definition) is 9. The van der Waals surface area contributed by atoms with Crippen LogP contribution in [0.25, 0.3) is 22.3 Å². The monoisotopic (exact) mass is 458 g/mol. The molecule has 0 aromatic heterocycles. The van der Waals surface area contributed by atoms with Crippen LogP contribution >= 0.6 is 0 Å². The van der Waals surface area contributed by atoms with Crippen LogP contribution in [0.5, 0.6) is 51.7 Å². The van der Waals surface area contributed by atoms with Gasteiger partial charge in [-0.2, -0.15) is 0 Å². The molecule has 0 fully saturated rings. The van der Waals surface area contributed by atoms with Crippen LogP contribution in [0.15, 0.2) is 30.3 Å². The molecule has 9 heteroatoms. The van der Waals surface area contributed by atoms with Crippen molar-refractivity contribution in [2.45, 2.75) is 0 Å². The fourth-order valence-electron chi connectivity index (χ4n) is 3.69. The van der Waals surface area contributed by atoms with Crippen LogP contribution in [-0.4, -0.2) is 58.0 Å². The van der Waals surface area contributed by atoms with Crippen molar-refractivity contribution in [3.8, 4) is 74.0 Å². The molecule has 0 aliphatic heterocycles. The maximum absolute atomic E-state index is 11.1. The van der Waals surface area contributed by atoms with Gasteiger partial charge in [-0.15, -0.1) is 0 Å². The third-order valence-corrected chi connectivity index (χ3v) is 5.16. The van der Waals surface area contributed by atoms with Crippen molar-refractivity contribution < 1.29 is 43.7 Å². The van der Waals surface area contributed by atoms with Crippen LogP contribution in [0.3, 0.4) is 0 Å². The van der Waals surface area contributed by atoms with Crippen molar-refractivity contribution in [1.82, 2.24) is 0 Å². The van der Waals surface area contributed by atoms with E-state index in [1.54, 1.807) is 6.07 Å². The summed E-state index contributed by atoms with van der Waals surface area (Å²) in [6, 6.07) is 7.49. The van der Waals surface area contributed by atoms with Gasteiger partial charge in [0.1, 0.15) is 34.5 Å². The minimum absolute atomic E-state index is 0.0346. The third kappa shape index (κ3) is 4.05. The second-order valence-electron chi connectivity index (χ2n) is 6.84. The molecule has 9 nitrogen and oxygen atoms in total. The lowest BCUT2D eigenvalue weighted by Crippen LogP contribution is -1.99. The molecule has 0 aliphatic carbocycles. The first kappa shape index (κ1) is 23.5. The first-order chi connectivity index (χ1) is 15.8. The highest BCUT2D eigenvalue weighted by molar-refractivity contribution is 5.92. The lowest BCUT2D eigenvalue weighted by atomic mass is 9.95. The zero-order valence-corrected chi connectivity index (χ0v) is 19.2. The minimum atomic E-state index is -0.261. The van der Waals surface area contributed by atoms with Crippen LogP contribution in [0, 0.1) is 0 Å². The summed E-state index contributed by atoms with van der Waals surface area (Å²) in [5, 5.41) is 31.7. The molecule has 0 spiro atoms. The molecule has 3 aromatic rings. The summed E-state index contributed by atoms with van der Waals surface area (Å²) in [7, 11) is 8.58. The Morgan fingerprint density at radius 1 is 0.485 bits per heavy atom. The molecule has 0 atom stereocenters. The molecular formula is C24H26O9. The summed E-state index contributed by atoms with van der Waals surface area (Å²) in [6.45, 7) is 0. The number of ether oxygens (including phenoxy) is 6. The van der Waals surface area contributed by atoms with Gasteiger partial charge >= 0.3 is 0 Å². The smallest absolute Gasteiger partial charge is 0.201 e. The zero-order valence-electron chi connectivity index (χ0n) is 19.2. The number of benzene rings is 3. The molecular weight excluding hydrogens is 432 g/mol. The Balaban J connectivity index is 2.36. The molecule has 0 unspecified atom stereocenters. The number of rotatable bonds is 8. The molecule has 0 radical (unpaired) electrons. The Labute approximate surface area is 191 Å². The van der Waals surface area contributed by atoms with E-state index in [0.29, 0.717) is 22.6 Å². The SMILES string of the molecule is COc1cc(OC)c(-c2c(O)cc(-c3c(OC)cc(O)cc3OC)cc2OC)c(OC)c1O. The van der Waals surface area contributed by atoms with Gasteiger partial charge in [0.25, 0.3) is 0 Å². The molecule has 0 amide bonds. The quantitative estimate of drug-likeness (QED) is 0.457. The second kappa shape index (κ2) is 9.56. The first-order valence-electron chi connectivity index (χ1n) is 9.73. The molecule has 3 rings (SSSR count). The standard InChI is InChI=1S/C24H26O9/c1-28-15-8-12(20-16(29-2)9-13(25)10-17(20)30-3)7-14(26)21(15)22-18(31-4)11-19(32-5)23(27)24(22)33-6/h7-11,25-27H,1-6H3. The lowest BCUT2D eigenvalue weighted by Gasteiger charge is -2.21. The van der Waals surface area contributed by atoms with Gasteiger partial charge in [-0.05, 0) is 17.7 Å². The Morgan fingerprint density at radius 3 is 1.45 bits per heavy atom. The highest BCUT2D eigenvalue weighted by Crippen LogP contribution is 2.55. The highest BCUT2D eigenvalue weighted by Gasteiger charge is 2.28. The van der Waals surface area contributed by atoms with E-state index in [0.717, 1.165) is 0 Å². The third-order valence-electron chi connectivity index (χ3n) is 5.16. The molecule has 0 saturated heterocycles. The Hall–Kier alpha value is -4.14. The fraction of sp³-hybridized carbons (Fsp3) is 0.250. The van der Waals surface area contributed by atoms with Crippen molar-refractivity contribution in [1.29, 1.82) is 0 Å². The van der Waals surface area contributed by atoms with Crippen molar-refractivity contribution in [3.05, 3.63) is 30.3 Å². The van der Waals surface area contributed by atoms with E-state index in [9.17, 15) is 15.3 Å². The van der Waals surface area contributed by atoms with Crippen LogP contribution in [0.1, 0.15) is 0 Å². The fourth-order valence-corrected chi connectivity index (χ4v) is 3.69. The predicted octanol–water partition coefficient (Wildman–Crippen LogP) is 4.19. The number of methoxy groups -OCH3 is 6. The van der Waals surface area contributed by atoms with Gasteiger partial charge in [-0.3, -0.25) is 0 Å². The van der Waals surface area contributed by atoms with Crippen molar-refractivity contribution in [3.63, 3.8) is 0 Å². The topological polar surface area (TPSA) is 116 Å². The molecule has 176 valence electrons. The maximum Gasteiger partial charge on any atom is 0.201 e. The van der Waals surface area contributed by atoms with E-state index >= 15 is 0 Å². The van der Waals surface area contributed by atoms with Crippen molar-refractivity contribution in [2.24, 2.45) is 0 Å². The maximum atomic E-state index is 11.1. The number of phenols is 3. The summed E-state index contributed by atoms with van der Waals surface area (Å²) in [5.41, 5.74) is 1.49. The highest BCUT2D eigenvalue weighted by atomic mass is 16.5. The minimum Gasteiger partial charge on any atom is -0.508 e. The molecule has 0 bridgehead atoms. The van der Waals surface area contributed by atoms with Gasteiger partial charge in [0.2, 0.25) is 5.75 Å². The molecule has 0 aliphatic rings. The molecule has 3 aromatic carbocycles. The van der Waals surface area contributed by atoms with E-state index in [1.807, 2.05) is 0 Å². The van der Waals surface area contributed by atoms with Gasteiger partial charge in [0.15, 0.2) is 11.5 Å². The largest absolute Gasteiger partial charge is 0.508 e. The molecule has 3 N–H and O–H groups in total. The van der Waals surface area contributed by atoms with E-state index in [-0.39, 0.29) is 51.4 Å². The van der Waals surface area contributed by atoms with E-state index in [4.69, 9.17) is 28.4 Å². The summed E-state index contributed by atoms with van der Waals surface area (Å²) in [6.07, 6.45) is 0. The van der Waals surface area contributed by atoms with Crippen molar-refractivity contribution >= 4 is 0 Å². The van der Waals surface area contributed by atoms with Crippen molar-refractivity contribution in [2.75, 3.05) is 42.7 Å². The number of phenolic OH excluding ortho intramolecular Hbond substituents is 3. The second-order valence-corrected chi connectivity index (χ2v) is 6.84. The van der Waals surface area contributed by atoms with Gasteiger partial charge < -0.3 is 43.7 Å². The van der Waals surface area contributed by atoms with Crippen LogP contribution in [-0.2, 0) is 0 Å². The average Bonchev–Trinajstić information content (AvgIpc) is 2.82. The normalized spacial score (nSPS) is 10.5. The van der Waals surface area contributed by atoms with Gasteiger partial charge in [0.05, 0.1) is 59.3 Å². The summed E-state index contributed by atoms with van der Waals surface area (Å²) >= 11 is 0. The molecule has 33 heavy (non-hydrogen) atoms. The van der Waals surface area contributed by atoms with E-state index < -0.39 is 0 Å². The average molecular weight is 458 g/mol. The summed E-state index contributed by atoms with van der Waals surface area (Å²) < 4.78 is 32.5. The van der Waals surface area contributed by atoms with E-state index in [1.165, 1.54) is 66.9 Å².